The van der Waals surface area contributed by atoms with Crippen LogP contribution in [0.15, 0.2) is 82.6 Å². The van der Waals surface area contributed by atoms with Crippen molar-refractivity contribution in [3.8, 4) is 5.75 Å². The highest BCUT2D eigenvalue weighted by molar-refractivity contribution is 8.00. The number of ether oxygens (including phenoxy) is 1. The second kappa shape index (κ2) is 9.89. The Morgan fingerprint density at radius 2 is 1.84 bits per heavy atom. The quantitative estimate of drug-likeness (QED) is 0.390. The van der Waals surface area contributed by atoms with E-state index >= 15 is 0 Å². The molecule has 32 heavy (non-hydrogen) atoms. The summed E-state index contributed by atoms with van der Waals surface area (Å²) in [7, 11) is 0. The molecule has 6 nitrogen and oxygen atoms in total. The molecule has 162 valence electrons. The van der Waals surface area contributed by atoms with Crippen LogP contribution in [0.4, 0.5) is 5.69 Å². The van der Waals surface area contributed by atoms with Crippen LogP contribution in [-0.4, -0.2) is 21.0 Å². The van der Waals surface area contributed by atoms with Gasteiger partial charge in [0.05, 0.1) is 11.4 Å². The molecule has 1 amide bonds. The molecule has 0 saturated heterocycles. The number of amides is 1. The molecular formula is C24H20ClN3O3S. The number of nitrogens with one attached hydrogen (secondary N) is 1. The van der Waals surface area contributed by atoms with Crippen molar-refractivity contribution in [2.45, 2.75) is 18.4 Å². The highest BCUT2D eigenvalue weighted by atomic mass is 35.5. The van der Waals surface area contributed by atoms with Crippen molar-refractivity contribution in [1.82, 2.24) is 9.38 Å². The van der Waals surface area contributed by atoms with E-state index in [1.165, 1.54) is 22.2 Å². The zero-order chi connectivity index (χ0) is 22.5. The highest BCUT2D eigenvalue weighted by Gasteiger charge is 2.06. The summed E-state index contributed by atoms with van der Waals surface area (Å²) in [5.74, 6) is 0.807. The summed E-state index contributed by atoms with van der Waals surface area (Å²) in [5.41, 5.74) is 2.65. The maximum Gasteiger partial charge on any atom is 0.258 e. The lowest BCUT2D eigenvalue weighted by Gasteiger charge is -2.09. The highest BCUT2D eigenvalue weighted by Crippen LogP contribution is 2.21. The van der Waals surface area contributed by atoms with Crippen LogP contribution < -0.4 is 15.6 Å². The van der Waals surface area contributed by atoms with Crippen molar-refractivity contribution in [1.29, 1.82) is 0 Å². The van der Waals surface area contributed by atoms with Gasteiger partial charge in [-0.2, -0.15) is 0 Å². The molecule has 0 bridgehead atoms. The lowest BCUT2D eigenvalue weighted by Crippen LogP contribution is -2.16. The van der Waals surface area contributed by atoms with Crippen molar-refractivity contribution in [2.24, 2.45) is 0 Å². The fraction of sp³-hybridized carbons (Fsp3) is 0.125. The summed E-state index contributed by atoms with van der Waals surface area (Å²) in [4.78, 5) is 29.9. The molecule has 0 atom stereocenters. The fourth-order valence-electron chi connectivity index (χ4n) is 3.00. The number of hydrogen-bond donors (Lipinski definition) is 1. The van der Waals surface area contributed by atoms with Gasteiger partial charge in [-0.25, -0.2) is 4.98 Å². The summed E-state index contributed by atoms with van der Waals surface area (Å²) in [6, 6.07) is 19.6. The number of carbonyl (C=O) groups excluding carboxylic acids is 1. The van der Waals surface area contributed by atoms with Crippen LogP contribution in [0.2, 0.25) is 5.02 Å². The number of carbonyl (C=O) groups is 1. The standard InChI is InChI=1S/C24H20ClN3O3S/c1-16-2-11-22-26-19(12-24(30)28(22)13-16)14-31-20-7-5-18(6-8-20)27-23(29)15-32-21-9-3-17(25)4-10-21/h2-13H,14-15H2,1H3,(H,27,29). The minimum Gasteiger partial charge on any atom is -0.487 e. The molecular weight excluding hydrogens is 446 g/mol. The van der Waals surface area contributed by atoms with Crippen LogP contribution in [0.1, 0.15) is 11.3 Å². The molecule has 0 fully saturated rings. The normalized spacial score (nSPS) is 10.8. The number of thioether (sulfide) groups is 1. The van der Waals surface area contributed by atoms with E-state index < -0.39 is 0 Å². The molecule has 4 rings (SSSR count). The minimum absolute atomic E-state index is 0.102. The van der Waals surface area contributed by atoms with Crippen LogP contribution in [0.25, 0.3) is 5.65 Å². The second-order valence-electron chi connectivity index (χ2n) is 7.12. The van der Waals surface area contributed by atoms with Gasteiger partial charge in [0.25, 0.3) is 5.56 Å². The Morgan fingerprint density at radius 3 is 2.59 bits per heavy atom. The van der Waals surface area contributed by atoms with Crippen LogP contribution in [0, 0.1) is 6.92 Å². The third kappa shape index (κ3) is 5.69. The molecule has 0 aliphatic carbocycles. The van der Waals surface area contributed by atoms with E-state index in [0.29, 0.717) is 33.6 Å². The number of nitrogens with zero attached hydrogens (tertiary/aromatic N) is 2. The lowest BCUT2D eigenvalue weighted by atomic mass is 10.3. The predicted octanol–water partition coefficient (Wildman–Crippen LogP) is 4.97. The number of benzene rings is 2. The fourth-order valence-corrected chi connectivity index (χ4v) is 3.83. The number of aryl methyl sites for hydroxylation is 1. The number of aromatic nitrogens is 2. The Kier molecular flexibility index (Phi) is 6.78. The van der Waals surface area contributed by atoms with Gasteiger partial charge in [-0.15, -0.1) is 11.8 Å². The van der Waals surface area contributed by atoms with E-state index in [9.17, 15) is 9.59 Å². The first-order valence-corrected chi connectivity index (χ1v) is 11.2. The first-order chi connectivity index (χ1) is 15.5. The maximum atomic E-state index is 12.3. The first kappa shape index (κ1) is 21.9. The average Bonchev–Trinajstić information content (AvgIpc) is 2.79. The zero-order valence-electron chi connectivity index (χ0n) is 17.2. The number of fused-ring (bicyclic) bond motifs is 1. The largest absolute Gasteiger partial charge is 0.487 e. The molecule has 0 saturated carbocycles. The lowest BCUT2D eigenvalue weighted by molar-refractivity contribution is -0.113. The van der Waals surface area contributed by atoms with Gasteiger partial charge in [0.2, 0.25) is 5.91 Å². The van der Waals surface area contributed by atoms with Gasteiger partial charge in [-0.3, -0.25) is 14.0 Å². The summed E-state index contributed by atoms with van der Waals surface area (Å²) < 4.78 is 7.27. The van der Waals surface area contributed by atoms with E-state index in [1.54, 1.807) is 42.6 Å². The molecule has 4 aromatic rings. The third-order valence-electron chi connectivity index (χ3n) is 4.57. The van der Waals surface area contributed by atoms with Crippen molar-refractivity contribution in [3.63, 3.8) is 0 Å². The molecule has 0 aliphatic heterocycles. The number of rotatable bonds is 7. The number of pyridine rings is 1. The number of hydrogen-bond acceptors (Lipinski definition) is 5. The molecule has 2 aromatic carbocycles. The number of anilines is 1. The molecule has 2 aromatic heterocycles. The van der Waals surface area contributed by atoms with Crippen molar-refractivity contribution in [2.75, 3.05) is 11.1 Å². The van der Waals surface area contributed by atoms with Gasteiger partial charge in [-0.05, 0) is 67.1 Å². The molecule has 0 aliphatic rings. The monoisotopic (exact) mass is 465 g/mol. The summed E-state index contributed by atoms with van der Waals surface area (Å²) in [6.45, 7) is 2.09. The van der Waals surface area contributed by atoms with E-state index in [2.05, 4.69) is 10.3 Å². The van der Waals surface area contributed by atoms with Crippen LogP contribution >= 0.6 is 23.4 Å². The molecule has 0 unspecified atom stereocenters. The predicted molar refractivity (Wildman–Crippen MR) is 128 cm³/mol. The first-order valence-electron chi connectivity index (χ1n) is 9.86. The molecule has 1 N–H and O–H groups in total. The topological polar surface area (TPSA) is 72.7 Å². The Labute approximate surface area is 194 Å². The summed E-state index contributed by atoms with van der Waals surface area (Å²) in [6.07, 6.45) is 1.76. The molecule has 8 heteroatoms. The Hall–Kier alpha value is -3.29. The second-order valence-corrected chi connectivity index (χ2v) is 8.61. The Balaban J connectivity index is 1.31. The van der Waals surface area contributed by atoms with E-state index in [-0.39, 0.29) is 18.1 Å². The van der Waals surface area contributed by atoms with Gasteiger partial charge in [-0.1, -0.05) is 17.7 Å². The van der Waals surface area contributed by atoms with Gasteiger partial charge in [0.1, 0.15) is 18.0 Å². The van der Waals surface area contributed by atoms with E-state index in [1.807, 2.05) is 31.2 Å². The third-order valence-corrected chi connectivity index (χ3v) is 5.83. The van der Waals surface area contributed by atoms with Crippen LogP contribution in [0.5, 0.6) is 5.75 Å². The summed E-state index contributed by atoms with van der Waals surface area (Å²) in [5, 5.41) is 3.53. The zero-order valence-corrected chi connectivity index (χ0v) is 18.8. The Bertz CT molecular complexity index is 1310. The molecule has 0 spiro atoms. The van der Waals surface area contributed by atoms with Crippen LogP contribution in [-0.2, 0) is 11.4 Å². The van der Waals surface area contributed by atoms with E-state index in [0.717, 1.165) is 10.5 Å². The molecule has 0 radical (unpaired) electrons. The molecule has 2 heterocycles. The van der Waals surface area contributed by atoms with Gasteiger partial charge in [0, 0.05) is 27.9 Å². The SMILES string of the molecule is Cc1ccc2nc(COc3ccc(NC(=O)CSc4ccc(Cl)cc4)cc3)cc(=O)n2c1. The minimum atomic E-state index is -0.146. The van der Waals surface area contributed by atoms with Crippen LogP contribution in [0.3, 0.4) is 0 Å². The number of halogens is 1. The van der Waals surface area contributed by atoms with Crippen molar-refractivity contribution < 1.29 is 9.53 Å². The maximum absolute atomic E-state index is 12.3. The van der Waals surface area contributed by atoms with Gasteiger partial charge in [0.15, 0.2) is 0 Å². The average molecular weight is 466 g/mol. The Morgan fingerprint density at radius 1 is 1.09 bits per heavy atom. The smallest absolute Gasteiger partial charge is 0.258 e. The van der Waals surface area contributed by atoms with Gasteiger partial charge < -0.3 is 10.1 Å². The van der Waals surface area contributed by atoms with E-state index in [4.69, 9.17) is 16.3 Å². The van der Waals surface area contributed by atoms with Crippen molar-refractivity contribution in [3.05, 3.63) is 99.6 Å². The van der Waals surface area contributed by atoms with Gasteiger partial charge >= 0.3 is 0 Å². The van der Waals surface area contributed by atoms with Crippen molar-refractivity contribution >= 4 is 40.6 Å². The summed E-state index contributed by atoms with van der Waals surface area (Å²) >= 11 is 7.31.